The van der Waals surface area contributed by atoms with Gasteiger partial charge in [-0.25, -0.2) is 0 Å². The minimum atomic E-state index is -0.0628. The van der Waals surface area contributed by atoms with E-state index in [4.69, 9.17) is 4.74 Å². The number of halogens is 1. The molecule has 0 atom stereocenters. The zero-order valence-corrected chi connectivity index (χ0v) is 13.5. The van der Waals surface area contributed by atoms with Crippen LogP contribution in [-0.2, 0) is 6.61 Å². The molecule has 3 nitrogen and oxygen atoms in total. The third-order valence-electron chi connectivity index (χ3n) is 2.97. The number of carbonyl (C=O) groups is 1. The Morgan fingerprint density at radius 3 is 2.62 bits per heavy atom. The second-order valence-electron chi connectivity index (χ2n) is 4.68. The second kappa shape index (κ2) is 7.84. The first-order valence-corrected chi connectivity index (χ1v) is 7.74. The number of rotatable bonds is 6. The summed E-state index contributed by atoms with van der Waals surface area (Å²) in [4.78, 5) is 11.9. The largest absolute Gasteiger partial charge is 0.488 e. The number of hydrogen-bond donors (Lipinski definition) is 1. The summed E-state index contributed by atoms with van der Waals surface area (Å²) in [5.74, 6) is 0.665. The maximum Gasteiger partial charge on any atom is 0.251 e. The van der Waals surface area contributed by atoms with Crippen molar-refractivity contribution in [2.75, 3.05) is 6.54 Å². The molecule has 0 radical (unpaired) electrons. The Bertz CT molecular complexity index is 599. The Kier molecular flexibility index (Phi) is 5.81. The average Bonchev–Trinajstić information content (AvgIpc) is 2.52. The van der Waals surface area contributed by atoms with Gasteiger partial charge in [0, 0.05) is 12.1 Å². The molecular formula is C17H18BrNO2. The van der Waals surface area contributed by atoms with Crippen LogP contribution in [0.4, 0.5) is 0 Å². The second-order valence-corrected chi connectivity index (χ2v) is 5.53. The van der Waals surface area contributed by atoms with Crippen molar-refractivity contribution in [2.45, 2.75) is 20.0 Å². The van der Waals surface area contributed by atoms with Crippen LogP contribution < -0.4 is 10.1 Å². The van der Waals surface area contributed by atoms with Crippen LogP contribution in [0.5, 0.6) is 5.75 Å². The van der Waals surface area contributed by atoms with Gasteiger partial charge in [0.2, 0.25) is 0 Å². The summed E-state index contributed by atoms with van der Waals surface area (Å²) in [6.07, 6.45) is 0.922. The molecule has 0 aliphatic heterocycles. The molecule has 4 heteroatoms. The number of nitrogens with one attached hydrogen (secondary N) is 1. The highest BCUT2D eigenvalue weighted by Gasteiger charge is 2.08. The molecule has 110 valence electrons. The van der Waals surface area contributed by atoms with Crippen LogP contribution in [0.3, 0.4) is 0 Å². The van der Waals surface area contributed by atoms with E-state index >= 15 is 0 Å². The number of amides is 1. The van der Waals surface area contributed by atoms with E-state index in [2.05, 4.69) is 21.2 Å². The van der Waals surface area contributed by atoms with Crippen LogP contribution in [-0.4, -0.2) is 12.5 Å². The van der Waals surface area contributed by atoms with Crippen LogP contribution in [0, 0.1) is 0 Å². The summed E-state index contributed by atoms with van der Waals surface area (Å²) in [5, 5.41) is 2.85. The zero-order chi connectivity index (χ0) is 15.1. The summed E-state index contributed by atoms with van der Waals surface area (Å²) >= 11 is 3.45. The highest BCUT2D eigenvalue weighted by molar-refractivity contribution is 9.10. The Labute approximate surface area is 133 Å². The Balaban J connectivity index is 2.00. The van der Waals surface area contributed by atoms with E-state index in [-0.39, 0.29) is 5.91 Å². The first-order valence-electron chi connectivity index (χ1n) is 6.95. The predicted molar refractivity (Wildman–Crippen MR) is 87.5 cm³/mol. The molecule has 0 unspecified atom stereocenters. The minimum Gasteiger partial charge on any atom is -0.488 e. The van der Waals surface area contributed by atoms with Crippen molar-refractivity contribution in [1.82, 2.24) is 5.32 Å². The maximum atomic E-state index is 11.9. The summed E-state index contributed by atoms with van der Waals surface area (Å²) in [7, 11) is 0. The minimum absolute atomic E-state index is 0.0628. The molecule has 0 aliphatic carbocycles. The summed E-state index contributed by atoms with van der Waals surface area (Å²) in [6, 6.07) is 15.3. The van der Waals surface area contributed by atoms with Crippen molar-refractivity contribution in [3.63, 3.8) is 0 Å². The monoisotopic (exact) mass is 347 g/mol. The van der Waals surface area contributed by atoms with E-state index in [1.54, 1.807) is 12.1 Å². The van der Waals surface area contributed by atoms with Gasteiger partial charge in [0.05, 0.1) is 4.47 Å². The molecule has 0 saturated heterocycles. The normalized spacial score (nSPS) is 10.2. The van der Waals surface area contributed by atoms with E-state index in [1.807, 2.05) is 43.3 Å². The van der Waals surface area contributed by atoms with Gasteiger partial charge in [-0.1, -0.05) is 37.3 Å². The SMILES string of the molecule is CCCNC(=O)c1ccc(OCc2ccccc2)c(Br)c1. The van der Waals surface area contributed by atoms with E-state index in [0.717, 1.165) is 22.2 Å². The summed E-state index contributed by atoms with van der Waals surface area (Å²) in [5.41, 5.74) is 1.73. The third kappa shape index (κ3) is 4.60. The van der Waals surface area contributed by atoms with Gasteiger partial charge in [-0.05, 0) is 46.1 Å². The van der Waals surface area contributed by atoms with Gasteiger partial charge in [-0.3, -0.25) is 4.79 Å². The van der Waals surface area contributed by atoms with Crippen LogP contribution >= 0.6 is 15.9 Å². The maximum absolute atomic E-state index is 11.9. The highest BCUT2D eigenvalue weighted by atomic mass is 79.9. The molecule has 2 rings (SSSR count). The number of benzene rings is 2. The number of hydrogen-bond acceptors (Lipinski definition) is 2. The zero-order valence-electron chi connectivity index (χ0n) is 11.9. The van der Waals surface area contributed by atoms with Gasteiger partial charge in [-0.2, -0.15) is 0 Å². The molecule has 0 bridgehead atoms. The van der Waals surface area contributed by atoms with Crippen LogP contribution in [0.1, 0.15) is 29.3 Å². The fraction of sp³-hybridized carbons (Fsp3) is 0.235. The van der Waals surface area contributed by atoms with Gasteiger partial charge in [0.1, 0.15) is 12.4 Å². The quantitative estimate of drug-likeness (QED) is 0.851. The Morgan fingerprint density at radius 1 is 1.19 bits per heavy atom. The van der Waals surface area contributed by atoms with Gasteiger partial charge >= 0.3 is 0 Å². The highest BCUT2D eigenvalue weighted by Crippen LogP contribution is 2.26. The van der Waals surface area contributed by atoms with Gasteiger partial charge in [0.15, 0.2) is 0 Å². The lowest BCUT2D eigenvalue weighted by atomic mass is 10.2. The molecule has 0 aliphatic rings. The topological polar surface area (TPSA) is 38.3 Å². The van der Waals surface area contributed by atoms with Crippen LogP contribution in [0.15, 0.2) is 53.0 Å². The molecule has 1 N–H and O–H groups in total. The van der Waals surface area contributed by atoms with Gasteiger partial charge in [-0.15, -0.1) is 0 Å². The third-order valence-corrected chi connectivity index (χ3v) is 3.59. The predicted octanol–water partition coefficient (Wildman–Crippen LogP) is 4.17. The van der Waals surface area contributed by atoms with E-state index < -0.39 is 0 Å². The molecule has 1 amide bonds. The molecule has 21 heavy (non-hydrogen) atoms. The molecule has 0 aromatic heterocycles. The molecule has 0 fully saturated rings. The number of ether oxygens (including phenoxy) is 1. The fourth-order valence-electron chi connectivity index (χ4n) is 1.84. The van der Waals surface area contributed by atoms with Crippen molar-refractivity contribution < 1.29 is 9.53 Å². The smallest absolute Gasteiger partial charge is 0.251 e. The Hall–Kier alpha value is -1.81. The number of carbonyl (C=O) groups excluding carboxylic acids is 1. The van der Waals surface area contributed by atoms with Crippen LogP contribution in [0.25, 0.3) is 0 Å². The summed E-state index contributed by atoms with van der Waals surface area (Å²) < 4.78 is 6.54. The lowest BCUT2D eigenvalue weighted by Crippen LogP contribution is -2.23. The lowest BCUT2D eigenvalue weighted by Gasteiger charge is -2.10. The van der Waals surface area contributed by atoms with E-state index in [0.29, 0.717) is 18.7 Å². The van der Waals surface area contributed by atoms with E-state index in [1.165, 1.54) is 0 Å². The fourth-order valence-corrected chi connectivity index (χ4v) is 2.33. The molecule has 2 aromatic rings. The van der Waals surface area contributed by atoms with Crippen molar-refractivity contribution in [3.05, 3.63) is 64.1 Å². The van der Waals surface area contributed by atoms with Gasteiger partial charge < -0.3 is 10.1 Å². The van der Waals surface area contributed by atoms with E-state index in [9.17, 15) is 4.79 Å². The molecule has 2 aromatic carbocycles. The lowest BCUT2D eigenvalue weighted by molar-refractivity contribution is 0.0953. The summed E-state index contributed by atoms with van der Waals surface area (Å²) in [6.45, 7) is 3.21. The molecule has 0 saturated carbocycles. The van der Waals surface area contributed by atoms with Crippen molar-refractivity contribution in [2.24, 2.45) is 0 Å². The first-order chi connectivity index (χ1) is 10.2. The van der Waals surface area contributed by atoms with Crippen molar-refractivity contribution in [3.8, 4) is 5.75 Å². The standard InChI is InChI=1S/C17H18BrNO2/c1-2-10-19-17(20)14-8-9-16(15(18)11-14)21-12-13-6-4-3-5-7-13/h3-9,11H,2,10,12H2,1H3,(H,19,20). The van der Waals surface area contributed by atoms with Gasteiger partial charge in [0.25, 0.3) is 5.91 Å². The van der Waals surface area contributed by atoms with Crippen molar-refractivity contribution >= 4 is 21.8 Å². The van der Waals surface area contributed by atoms with Crippen molar-refractivity contribution in [1.29, 1.82) is 0 Å². The first kappa shape index (κ1) is 15.6. The molecule has 0 spiro atoms. The van der Waals surface area contributed by atoms with Crippen LogP contribution in [0.2, 0.25) is 0 Å². The molecular weight excluding hydrogens is 330 g/mol. The molecule has 0 heterocycles. The Morgan fingerprint density at radius 2 is 1.95 bits per heavy atom. The average molecular weight is 348 g/mol.